The van der Waals surface area contributed by atoms with Gasteiger partial charge in [-0.25, -0.2) is 15.0 Å². The van der Waals surface area contributed by atoms with Crippen molar-refractivity contribution in [3.63, 3.8) is 0 Å². The standard InChI is InChI=1S/C63H36N4O2S/c1-2-14-37(15-3-1)61-64-62(40-16-12-17-41(34-40)67-50-23-8-4-18-43(50)44-19-5-9-24-51(44)67)66-63(65-61)48-22-13-26-54-59(48)49-35-39(29-32-53(49)69-54)58-42(31-33-55-60(58)47-21-6-10-25-52(47)68-55)38-28-30-46-45-20-7-11-27-56(45)70-57(46)36-38/h1-36H. The SMILES string of the molecule is c1ccc(-c2nc(-c3cccc(-n4c5ccccc5c5ccccc54)c3)nc(-c3cccc4oc5ccc(-c6c(-c7ccc8c(c7)sc7ccccc78)ccc7oc8ccccc8c67)cc5c34)n2)cc1. The van der Waals surface area contributed by atoms with E-state index in [1.54, 1.807) is 0 Å². The third kappa shape index (κ3) is 5.95. The molecule has 0 aliphatic carbocycles. The molecule has 0 aliphatic rings. The molecule has 0 amide bonds. The maximum Gasteiger partial charge on any atom is 0.164 e. The van der Waals surface area contributed by atoms with Crippen molar-refractivity contribution in [1.29, 1.82) is 0 Å². The molecule has 70 heavy (non-hydrogen) atoms. The van der Waals surface area contributed by atoms with E-state index >= 15 is 0 Å². The molecule has 0 aliphatic heterocycles. The summed E-state index contributed by atoms with van der Waals surface area (Å²) in [4.78, 5) is 15.8. The van der Waals surface area contributed by atoms with Crippen LogP contribution in [-0.4, -0.2) is 19.5 Å². The van der Waals surface area contributed by atoms with Crippen LogP contribution in [0.5, 0.6) is 0 Å². The fourth-order valence-corrected chi connectivity index (χ4v) is 11.9. The van der Waals surface area contributed by atoms with Gasteiger partial charge in [-0.1, -0.05) is 152 Å². The highest BCUT2D eigenvalue weighted by Crippen LogP contribution is 2.47. The van der Waals surface area contributed by atoms with Crippen LogP contribution in [0, 0.1) is 0 Å². The van der Waals surface area contributed by atoms with Gasteiger partial charge in [-0.2, -0.15) is 0 Å². The fourth-order valence-electron chi connectivity index (χ4n) is 10.7. The number of hydrogen-bond donors (Lipinski definition) is 0. The molecule has 0 radical (unpaired) electrons. The van der Waals surface area contributed by atoms with Gasteiger partial charge in [0.15, 0.2) is 17.5 Å². The van der Waals surface area contributed by atoms with Gasteiger partial charge in [-0.15, -0.1) is 11.3 Å². The van der Waals surface area contributed by atoms with Crippen molar-refractivity contribution >= 4 is 97.2 Å². The third-order valence-electron chi connectivity index (χ3n) is 13.9. The van der Waals surface area contributed by atoms with Crippen LogP contribution in [0.3, 0.4) is 0 Å². The van der Waals surface area contributed by atoms with Gasteiger partial charge < -0.3 is 13.4 Å². The number of hydrogen-bond acceptors (Lipinski definition) is 6. The quantitative estimate of drug-likeness (QED) is 0.166. The summed E-state index contributed by atoms with van der Waals surface area (Å²) in [5.74, 6) is 1.73. The van der Waals surface area contributed by atoms with Crippen LogP contribution in [0.2, 0.25) is 0 Å². The van der Waals surface area contributed by atoms with E-state index in [0.29, 0.717) is 17.5 Å². The van der Waals surface area contributed by atoms with Crippen LogP contribution in [-0.2, 0) is 0 Å². The van der Waals surface area contributed by atoms with E-state index in [2.05, 4.69) is 174 Å². The molecular formula is C63H36N4O2S. The number of nitrogens with zero attached hydrogens (tertiary/aromatic N) is 4. The first kappa shape index (κ1) is 38.9. The van der Waals surface area contributed by atoms with Crippen molar-refractivity contribution in [3.8, 4) is 62.1 Å². The van der Waals surface area contributed by atoms with Crippen molar-refractivity contribution in [1.82, 2.24) is 19.5 Å². The maximum atomic E-state index is 6.71. The summed E-state index contributed by atoms with van der Waals surface area (Å²) in [5.41, 5.74) is 13.6. The number of rotatable bonds is 6. The zero-order valence-corrected chi connectivity index (χ0v) is 38.1. The Balaban J connectivity index is 0.939. The second kappa shape index (κ2) is 15.2. The second-order valence-corrected chi connectivity index (χ2v) is 18.9. The first-order valence-electron chi connectivity index (χ1n) is 23.4. The molecule has 0 fully saturated rings. The maximum absolute atomic E-state index is 6.71. The lowest BCUT2D eigenvalue weighted by Crippen LogP contribution is -2.01. The van der Waals surface area contributed by atoms with Crippen LogP contribution in [0.4, 0.5) is 0 Å². The predicted octanol–water partition coefficient (Wildman–Crippen LogP) is 17.5. The Labute approximate surface area is 404 Å². The smallest absolute Gasteiger partial charge is 0.164 e. The van der Waals surface area contributed by atoms with Gasteiger partial charge in [0.2, 0.25) is 0 Å². The number of aromatic nitrogens is 4. The minimum Gasteiger partial charge on any atom is -0.456 e. The van der Waals surface area contributed by atoms with Gasteiger partial charge in [-0.3, -0.25) is 0 Å². The zero-order chi connectivity index (χ0) is 45.9. The normalized spacial score (nSPS) is 12.0. The summed E-state index contributed by atoms with van der Waals surface area (Å²) < 4.78 is 18.1. The third-order valence-corrected chi connectivity index (χ3v) is 15.0. The van der Waals surface area contributed by atoms with Gasteiger partial charge in [-0.05, 0) is 83.4 Å². The number of thiophene rings is 1. The zero-order valence-electron chi connectivity index (χ0n) is 37.3. The van der Waals surface area contributed by atoms with Gasteiger partial charge in [0, 0.05) is 80.4 Å². The Bertz CT molecular complexity index is 4560. The summed E-state index contributed by atoms with van der Waals surface area (Å²) in [5, 5.41) is 9.03. The second-order valence-electron chi connectivity index (χ2n) is 17.9. The summed E-state index contributed by atoms with van der Waals surface area (Å²) in [6.07, 6.45) is 0. The van der Waals surface area contributed by atoms with Crippen molar-refractivity contribution in [2.45, 2.75) is 0 Å². The monoisotopic (exact) mass is 912 g/mol. The van der Waals surface area contributed by atoms with E-state index < -0.39 is 0 Å². The Morgan fingerprint density at radius 1 is 0.329 bits per heavy atom. The number of fused-ring (bicyclic) bond motifs is 12. The lowest BCUT2D eigenvalue weighted by Gasteiger charge is -2.13. The molecule has 0 N–H and O–H groups in total. The lowest BCUT2D eigenvalue weighted by atomic mass is 9.89. The minimum atomic E-state index is 0.560. The minimum absolute atomic E-state index is 0.560. The summed E-state index contributed by atoms with van der Waals surface area (Å²) >= 11 is 1.84. The van der Waals surface area contributed by atoms with Gasteiger partial charge in [0.05, 0.1) is 11.0 Å². The molecule has 0 unspecified atom stereocenters. The topological polar surface area (TPSA) is 69.9 Å². The van der Waals surface area contributed by atoms with E-state index in [4.69, 9.17) is 23.8 Å². The molecule has 0 spiro atoms. The van der Waals surface area contributed by atoms with Gasteiger partial charge in [0.1, 0.15) is 22.3 Å². The fraction of sp³-hybridized carbons (Fsp3) is 0. The van der Waals surface area contributed by atoms with Crippen LogP contribution < -0.4 is 0 Å². The van der Waals surface area contributed by atoms with E-state index in [0.717, 1.165) is 99.5 Å². The van der Waals surface area contributed by atoms with E-state index in [1.807, 2.05) is 59.9 Å². The molecule has 6 nitrogen and oxygen atoms in total. The average molecular weight is 913 g/mol. The molecule has 0 saturated heterocycles. The largest absolute Gasteiger partial charge is 0.456 e. The molecule has 0 saturated carbocycles. The van der Waals surface area contributed by atoms with Crippen molar-refractivity contribution in [2.75, 3.05) is 0 Å². The molecule has 15 aromatic rings. The Morgan fingerprint density at radius 3 is 1.76 bits per heavy atom. The average Bonchev–Trinajstić information content (AvgIpc) is 4.19. The van der Waals surface area contributed by atoms with Crippen molar-refractivity contribution < 1.29 is 8.83 Å². The Kier molecular flexibility index (Phi) is 8.43. The molecule has 7 heteroatoms. The highest BCUT2D eigenvalue weighted by atomic mass is 32.1. The molecule has 5 heterocycles. The lowest BCUT2D eigenvalue weighted by molar-refractivity contribution is 0.669. The molecule has 0 bridgehead atoms. The van der Waals surface area contributed by atoms with Crippen LogP contribution in [0.1, 0.15) is 0 Å². The van der Waals surface area contributed by atoms with Crippen LogP contribution in [0.25, 0.3) is 148 Å². The molecule has 15 rings (SSSR count). The Morgan fingerprint density at radius 2 is 0.929 bits per heavy atom. The Hall–Kier alpha value is -9.17. The van der Waals surface area contributed by atoms with Gasteiger partial charge >= 0.3 is 0 Å². The van der Waals surface area contributed by atoms with E-state index in [1.165, 1.54) is 30.9 Å². The number of para-hydroxylation sites is 3. The highest BCUT2D eigenvalue weighted by Gasteiger charge is 2.23. The molecule has 326 valence electrons. The van der Waals surface area contributed by atoms with E-state index in [9.17, 15) is 0 Å². The summed E-state index contributed by atoms with van der Waals surface area (Å²) in [6.45, 7) is 0. The van der Waals surface area contributed by atoms with Crippen molar-refractivity contribution in [3.05, 3.63) is 218 Å². The first-order chi connectivity index (χ1) is 34.7. The van der Waals surface area contributed by atoms with Crippen LogP contribution >= 0.6 is 11.3 Å². The molecule has 0 atom stereocenters. The summed E-state index contributed by atoms with van der Waals surface area (Å²) in [6, 6.07) is 76.7. The van der Waals surface area contributed by atoms with Crippen molar-refractivity contribution in [2.24, 2.45) is 0 Å². The number of furan rings is 2. The molecular weight excluding hydrogens is 877 g/mol. The highest BCUT2D eigenvalue weighted by molar-refractivity contribution is 7.25. The molecule has 10 aromatic carbocycles. The first-order valence-corrected chi connectivity index (χ1v) is 24.2. The van der Waals surface area contributed by atoms with Crippen LogP contribution in [0.15, 0.2) is 227 Å². The summed E-state index contributed by atoms with van der Waals surface area (Å²) in [7, 11) is 0. The van der Waals surface area contributed by atoms with Gasteiger partial charge in [0.25, 0.3) is 0 Å². The predicted molar refractivity (Wildman–Crippen MR) is 289 cm³/mol. The number of benzene rings is 10. The van der Waals surface area contributed by atoms with E-state index in [-0.39, 0.29) is 0 Å². The molecule has 5 aromatic heterocycles.